The second kappa shape index (κ2) is 6.56. The fourth-order valence-electron chi connectivity index (χ4n) is 2.31. The number of benzene rings is 1. The number of hydrogen-bond donors (Lipinski definition) is 0. The molecule has 6 heteroatoms. The summed E-state index contributed by atoms with van der Waals surface area (Å²) in [5.41, 5.74) is 1.89. The summed E-state index contributed by atoms with van der Waals surface area (Å²) in [6, 6.07) is 9.26. The summed E-state index contributed by atoms with van der Waals surface area (Å²) >= 11 is 0. The molecule has 23 heavy (non-hydrogen) atoms. The van der Waals surface area contributed by atoms with Gasteiger partial charge in [-0.05, 0) is 25.5 Å². The Morgan fingerprint density at radius 3 is 2.35 bits per heavy atom. The number of ketones is 1. The Hall–Kier alpha value is -2.76. The van der Waals surface area contributed by atoms with E-state index in [-0.39, 0.29) is 0 Å². The normalized spacial score (nSPS) is 11.8. The Morgan fingerprint density at radius 1 is 1.13 bits per heavy atom. The van der Waals surface area contributed by atoms with Crippen LogP contribution < -0.4 is 5.56 Å². The molecule has 0 unspecified atom stereocenters. The molecule has 0 radical (unpaired) electrons. The lowest BCUT2D eigenvalue weighted by molar-refractivity contribution is -0.138. The minimum atomic E-state index is -1.25. The van der Waals surface area contributed by atoms with Crippen molar-refractivity contribution in [3.63, 3.8) is 0 Å². The van der Waals surface area contributed by atoms with Gasteiger partial charge in [0.2, 0.25) is 0 Å². The van der Waals surface area contributed by atoms with Crippen LogP contribution in [0.1, 0.15) is 18.5 Å². The van der Waals surface area contributed by atoms with E-state index in [0.29, 0.717) is 5.69 Å². The van der Waals surface area contributed by atoms with Crippen molar-refractivity contribution in [2.75, 3.05) is 14.1 Å². The number of aromatic nitrogens is 2. The summed E-state index contributed by atoms with van der Waals surface area (Å²) < 4.78 is 0.965. The van der Waals surface area contributed by atoms with E-state index in [1.165, 1.54) is 32.0 Å². The Labute approximate surface area is 134 Å². The molecular formula is C17H19N3O3. The largest absolute Gasteiger partial charge is 0.347 e. The highest BCUT2D eigenvalue weighted by atomic mass is 16.2. The predicted molar refractivity (Wildman–Crippen MR) is 87.1 cm³/mol. The van der Waals surface area contributed by atoms with Crippen molar-refractivity contribution in [2.24, 2.45) is 0 Å². The predicted octanol–water partition coefficient (Wildman–Crippen LogP) is 1.44. The van der Waals surface area contributed by atoms with E-state index < -0.39 is 23.3 Å². The molecule has 1 amide bonds. The van der Waals surface area contributed by atoms with E-state index in [1.807, 2.05) is 31.2 Å². The van der Waals surface area contributed by atoms with Crippen LogP contribution in [0.25, 0.3) is 11.3 Å². The van der Waals surface area contributed by atoms with Gasteiger partial charge in [0.1, 0.15) is 0 Å². The zero-order valence-electron chi connectivity index (χ0n) is 13.6. The summed E-state index contributed by atoms with van der Waals surface area (Å²) in [6.45, 7) is 3.21. The van der Waals surface area contributed by atoms with Crippen LogP contribution in [0.3, 0.4) is 0 Å². The molecule has 0 aliphatic heterocycles. The Morgan fingerprint density at radius 2 is 1.78 bits per heavy atom. The highest BCUT2D eigenvalue weighted by Crippen LogP contribution is 2.20. The Bertz CT molecular complexity index is 809. The van der Waals surface area contributed by atoms with Crippen molar-refractivity contribution < 1.29 is 9.59 Å². The monoisotopic (exact) mass is 313 g/mol. The number of likely N-dealkylation sites (N-methyl/N-ethyl adjacent to an activating group) is 1. The number of hydrogen-bond acceptors (Lipinski definition) is 4. The van der Waals surface area contributed by atoms with E-state index in [4.69, 9.17) is 0 Å². The van der Waals surface area contributed by atoms with Gasteiger partial charge < -0.3 is 4.90 Å². The van der Waals surface area contributed by atoms with Gasteiger partial charge in [-0.1, -0.05) is 24.3 Å². The van der Waals surface area contributed by atoms with Gasteiger partial charge in [-0.3, -0.25) is 14.4 Å². The fourth-order valence-corrected chi connectivity index (χ4v) is 2.31. The molecule has 1 atom stereocenters. The van der Waals surface area contributed by atoms with Gasteiger partial charge in [0.15, 0.2) is 11.8 Å². The van der Waals surface area contributed by atoms with Gasteiger partial charge in [0.05, 0.1) is 5.69 Å². The van der Waals surface area contributed by atoms with Gasteiger partial charge in [-0.15, -0.1) is 0 Å². The molecule has 0 saturated heterocycles. The minimum absolute atomic E-state index is 0.430. The Kier molecular flexibility index (Phi) is 4.74. The third kappa shape index (κ3) is 3.36. The second-order valence-corrected chi connectivity index (χ2v) is 5.56. The lowest BCUT2D eigenvalue weighted by atomic mass is 10.1. The maximum atomic E-state index is 12.3. The van der Waals surface area contributed by atoms with Crippen molar-refractivity contribution in [1.82, 2.24) is 14.7 Å². The van der Waals surface area contributed by atoms with Gasteiger partial charge in [-0.25, -0.2) is 4.68 Å². The standard InChI is InChI=1S/C17H19N3O3/c1-11-7-5-6-8-13(11)14-9-10-15(22)20(18-14)16(12(2)21)17(23)19(3)4/h5-10,16H,1-4H3/t16-/m1/s1. The highest BCUT2D eigenvalue weighted by molar-refractivity contribution is 6.02. The summed E-state index contributed by atoms with van der Waals surface area (Å²) in [5, 5.41) is 4.26. The van der Waals surface area contributed by atoms with Crippen LogP contribution in [0.4, 0.5) is 0 Å². The van der Waals surface area contributed by atoms with Gasteiger partial charge in [0, 0.05) is 25.7 Å². The first-order chi connectivity index (χ1) is 10.8. The smallest absolute Gasteiger partial charge is 0.267 e. The molecule has 0 spiro atoms. The molecule has 1 aromatic heterocycles. The van der Waals surface area contributed by atoms with Crippen molar-refractivity contribution in [1.29, 1.82) is 0 Å². The maximum absolute atomic E-state index is 12.3. The molecule has 120 valence electrons. The summed E-state index contributed by atoms with van der Waals surface area (Å²) in [5.74, 6) is -0.908. The maximum Gasteiger partial charge on any atom is 0.267 e. The lowest BCUT2D eigenvalue weighted by Gasteiger charge is -2.20. The zero-order valence-corrected chi connectivity index (χ0v) is 13.6. The van der Waals surface area contributed by atoms with Crippen LogP contribution in [0.15, 0.2) is 41.2 Å². The fraction of sp³-hybridized carbons (Fsp3) is 0.294. The average Bonchev–Trinajstić information content (AvgIpc) is 2.49. The van der Waals surface area contributed by atoms with E-state index in [2.05, 4.69) is 5.10 Å². The van der Waals surface area contributed by atoms with E-state index in [9.17, 15) is 14.4 Å². The van der Waals surface area contributed by atoms with Crippen molar-refractivity contribution >= 4 is 11.7 Å². The first-order valence-electron chi connectivity index (χ1n) is 7.20. The van der Waals surface area contributed by atoms with Crippen molar-refractivity contribution in [3.05, 3.63) is 52.3 Å². The van der Waals surface area contributed by atoms with Crippen LogP contribution in [-0.2, 0) is 9.59 Å². The number of carbonyl (C=O) groups excluding carboxylic acids is 2. The first kappa shape index (κ1) is 16.6. The quantitative estimate of drug-likeness (QED) is 0.801. The van der Waals surface area contributed by atoms with Crippen molar-refractivity contribution in [3.8, 4) is 11.3 Å². The zero-order chi connectivity index (χ0) is 17.1. The lowest BCUT2D eigenvalue weighted by Crippen LogP contribution is -2.41. The molecule has 0 bridgehead atoms. The number of amides is 1. The Balaban J connectivity index is 2.61. The third-order valence-corrected chi connectivity index (χ3v) is 3.55. The van der Waals surface area contributed by atoms with Gasteiger partial charge >= 0.3 is 0 Å². The number of rotatable bonds is 4. The SMILES string of the molecule is CC(=O)[C@H](C(=O)N(C)C)n1nc(-c2ccccc2C)ccc1=O. The molecule has 6 nitrogen and oxygen atoms in total. The molecule has 2 aromatic rings. The van der Waals surface area contributed by atoms with Crippen LogP contribution in [0.2, 0.25) is 0 Å². The number of carbonyl (C=O) groups is 2. The van der Waals surface area contributed by atoms with Gasteiger partial charge in [0.25, 0.3) is 11.5 Å². The molecule has 1 aromatic carbocycles. The molecule has 0 aliphatic rings. The first-order valence-corrected chi connectivity index (χ1v) is 7.20. The van der Waals surface area contributed by atoms with Crippen LogP contribution in [-0.4, -0.2) is 40.5 Å². The van der Waals surface area contributed by atoms with Gasteiger partial charge in [-0.2, -0.15) is 5.10 Å². The topological polar surface area (TPSA) is 72.3 Å². The summed E-state index contributed by atoms with van der Waals surface area (Å²) in [4.78, 5) is 37.6. The van der Waals surface area contributed by atoms with E-state index in [1.54, 1.807) is 6.07 Å². The molecule has 0 aliphatic carbocycles. The molecular weight excluding hydrogens is 294 g/mol. The average molecular weight is 313 g/mol. The summed E-state index contributed by atoms with van der Waals surface area (Å²) in [7, 11) is 3.07. The van der Waals surface area contributed by atoms with E-state index >= 15 is 0 Å². The minimum Gasteiger partial charge on any atom is -0.347 e. The van der Waals surface area contributed by atoms with E-state index in [0.717, 1.165) is 15.8 Å². The van der Waals surface area contributed by atoms with Crippen LogP contribution in [0, 0.1) is 6.92 Å². The van der Waals surface area contributed by atoms with Crippen LogP contribution >= 0.6 is 0 Å². The molecule has 0 fully saturated rings. The second-order valence-electron chi connectivity index (χ2n) is 5.56. The molecule has 1 heterocycles. The molecule has 0 saturated carbocycles. The number of aryl methyl sites for hydroxylation is 1. The summed E-state index contributed by atoms with van der Waals surface area (Å²) in [6.07, 6.45) is 0. The third-order valence-electron chi connectivity index (χ3n) is 3.55. The number of nitrogens with zero attached hydrogens (tertiary/aromatic N) is 3. The highest BCUT2D eigenvalue weighted by Gasteiger charge is 2.29. The van der Waals surface area contributed by atoms with Crippen molar-refractivity contribution in [2.45, 2.75) is 19.9 Å². The number of Topliss-reactive ketones (excluding diaryl/α,β-unsaturated/α-hetero) is 1. The molecule has 0 N–H and O–H groups in total. The molecule has 2 rings (SSSR count). The van der Waals surface area contributed by atoms with Crippen LogP contribution in [0.5, 0.6) is 0 Å².